The fourth-order valence-electron chi connectivity index (χ4n) is 9.77. The predicted octanol–water partition coefficient (Wildman–Crippen LogP) is 6.16. The molecule has 0 aliphatic carbocycles. The quantitative estimate of drug-likeness (QED) is 0.177. The summed E-state index contributed by atoms with van der Waals surface area (Å²) in [5, 5.41) is 15.0. The monoisotopic (exact) mass is 827 g/mol. The number of fused-ring (bicyclic) bond motifs is 5. The minimum absolute atomic E-state index is 0.0308. The number of hydrogen-bond acceptors (Lipinski definition) is 12. The Kier molecular flexibility index (Phi) is 10.7. The highest BCUT2D eigenvalue weighted by molar-refractivity contribution is 6.03. The topological polar surface area (TPSA) is 142 Å². The van der Waals surface area contributed by atoms with E-state index in [1.165, 1.54) is 36.3 Å². The van der Waals surface area contributed by atoms with E-state index in [0.717, 1.165) is 32.2 Å². The number of phenols is 1. The Hall–Kier alpha value is -5.10. The molecule has 0 saturated carbocycles. The van der Waals surface area contributed by atoms with Gasteiger partial charge in [0.1, 0.15) is 47.2 Å². The lowest BCUT2D eigenvalue weighted by molar-refractivity contribution is -0.177. The minimum atomic E-state index is -4.95. The van der Waals surface area contributed by atoms with Crippen molar-refractivity contribution in [2.75, 3.05) is 59.0 Å². The number of alkyl halides is 3. The molecule has 13 nitrogen and oxygen atoms in total. The van der Waals surface area contributed by atoms with E-state index in [-0.39, 0.29) is 97.2 Å². The Bertz CT molecular complexity index is 2300. The number of anilines is 1. The van der Waals surface area contributed by atoms with Crippen molar-refractivity contribution < 1.29 is 50.9 Å². The number of amides is 1. The van der Waals surface area contributed by atoms with E-state index >= 15 is 8.78 Å². The van der Waals surface area contributed by atoms with Crippen LogP contribution >= 0.6 is 0 Å². The summed E-state index contributed by atoms with van der Waals surface area (Å²) in [6.45, 7) is 3.12. The Morgan fingerprint density at radius 2 is 1.80 bits per heavy atom. The van der Waals surface area contributed by atoms with Gasteiger partial charge in [-0.2, -0.15) is 23.1 Å². The number of carbonyl (C=O) groups is 2. The van der Waals surface area contributed by atoms with E-state index in [0.29, 0.717) is 16.3 Å². The molecule has 2 aromatic heterocycles. The maximum absolute atomic E-state index is 17.4. The van der Waals surface area contributed by atoms with Crippen molar-refractivity contribution in [2.45, 2.75) is 81.7 Å². The summed E-state index contributed by atoms with van der Waals surface area (Å²) in [6.07, 6.45) is -2.07. The normalized spacial score (nSPS) is 24.4. The van der Waals surface area contributed by atoms with Crippen LogP contribution in [0.15, 0.2) is 24.3 Å². The first-order valence-corrected chi connectivity index (χ1v) is 19.9. The molecule has 4 aromatic rings. The van der Waals surface area contributed by atoms with Crippen LogP contribution in [0.25, 0.3) is 32.9 Å². The van der Waals surface area contributed by atoms with Gasteiger partial charge in [0.25, 0.3) is 0 Å². The average molecular weight is 828 g/mol. The first-order valence-electron chi connectivity index (χ1n) is 19.9. The number of aryl methyl sites for hydroxylation is 1. The van der Waals surface area contributed by atoms with E-state index in [4.69, 9.17) is 19.2 Å². The third-order valence-corrected chi connectivity index (χ3v) is 12.4. The van der Waals surface area contributed by atoms with Gasteiger partial charge in [0.15, 0.2) is 5.82 Å². The number of piperazine rings is 1. The molecule has 4 aliphatic rings. The van der Waals surface area contributed by atoms with Crippen LogP contribution in [0.5, 0.6) is 17.6 Å². The largest absolute Gasteiger partial charge is 0.508 e. The fourth-order valence-corrected chi connectivity index (χ4v) is 9.77. The third-order valence-electron chi connectivity index (χ3n) is 12.4. The number of aromatic hydroxyl groups is 1. The smallest absolute Gasteiger partial charge is 0.450 e. The van der Waals surface area contributed by atoms with Gasteiger partial charge >= 0.3 is 18.3 Å². The zero-order valence-electron chi connectivity index (χ0n) is 33.2. The second kappa shape index (κ2) is 15.5. The van der Waals surface area contributed by atoms with Gasteiger partial charge in [-0.25, -0.2) is 18.6 Å². The number of carbonyl (C=O) groups excluding carboxylic acids is 2. The summed E-state index contributed by atoms with van der Waals surface area (Å²) in [5.74, 6) is -4.46. The number of nitrogens with zero attached hydrogens (tertiary/aromatic N) is 6. The number of ether oxygens (including phenoxy) is 3. The molecule has 4 aliphatic heterocycles. The maximum Gasteiger partial charge on any atom is 0.450 e. The molecule has 8 rings (SSSR count). The molecule has 1 amide bonds. The van der Waals surface area contributed by atoms with Crippen LogP contribution in [0, 0.1) is 17.6 Å². The summed E-state index contributed by atoms with van der Waals surface area (Å²) >= 11 is 0. The number of ketones is 1. The molecule has 2 N–H and O–H groups in total. The van der Waals surface area contributed by atoms with E-state index in [2.05, 4.69) is 20.2 Å². The summed E-state index contributed by atoms with van der Waals surface area (Å²) in [4.78, 5) is 44.0. The highest BCUT2D eigenvalue weighted by Crippen LogP contribution is 2.45. The number of methoxy groups -OCH3 is 1. The molecule has 18 heteroatoms. The lowest BCUT2D eigenvalue weighted by atomic mass is 9.82. The lowest BCUT2D eigenvalue weighted by Crippen LogP contribution is -2.62. The van der Waals surface area contributed by atoms with Gasteiger partial charge in [0.2, 0.25) is 11.7 Å². The number of Topliss-reactive ketones (excluding diaryl/α,β-unsaturated/α-hetero) is 1. The second-order valence-electron chi connectivity index (χ2n) is 16.3. The van der Waals surface area contributed by atoms with Crippen LogP contribution in [0.2, 0.25) is 0 Å². The van der Waals surface area contributed by atoms with Crippen LogP contribution in [0.3, 0.4) is 0 Å². The number of halogens is 5. The van der Waals surface area contributed by atoms with Crippen LogP contribution < -0.4 is 19.7 Å². The predicted molar refractivity (Wildman–Crippen MR) is 207 cm³/mol. The number of rotatable bonds is 10. The molecule has 4 atom stereocenters. The van der Waals surface area contributed by atoms with E-state index in [1.807, 2.05) is 0 Å². The average Bonchev–Trinajstić information content (AvgIpc) is 3.77. The van der Waals surface area contributed by atoms with Gasteiger partial charge in [-0.3, -0.25) is 9.69 Å². The summed E-state index contributed by atoms with van der Waals surface area (Å²) in [7, 11) is 4.58. The number of nitrogens with one attached hydrogen (secondary N) is 1. The van der Waals surface area contributed by atoms with Crippen LogP contribution in [0.1, 0.15) is 51.0 Å². The molecule has 4 saturated heterocycles. The molecular formula is C41H46F5N7O6. The number of phenolic OH excluding ortho intramolecular Hbond substituents is 1. The maximum atomic E-state index is 17.4. The van der Waals surface area contributed by atoms with Gasteiger partial charge in [0.05, 0.1) is 12.6 Å². The molecule has 0 spiro atoms. The summed E-state index contributed by atoms with van der Waals surface area (Å²) in [6, 6.07) is 4.31. The SMILES string of the molecule is CCc1c(F)ccc2cc(O)cc(-c3nc(OC)c4c(N5CC6CC(C(=O)C(F)(F)F)CC(C5)N6)nc(OCC56CCCN5[C@@H](COC(=O)N(C)C)CC6)nc4c3F)c12. The first kappa shape index (κ1) is 40.7. The number of benzene rings is 2. The van der Waals surface area contributed by atoms with Crippen molar-refractivity contribution in [3.8, 4) is 28.9 Å². The van der Waals surface area contributed by atoms with Gasteiger partial charge in [-0.15, -0.1) is 0 Å². The molecule has 2 aromatic carbocycles. The number of aromatic nitrogens is 3. The van der Waals surface area contributed by atoms with E-state index < -0.39 is 53.2 Å². The molecule has 0 radical (unpaired) electrons. The summed E-state index contributed by atoms with van der Waals surface area (Å²) < 4.78 is 90.9. The van der Waals surface area contributed by atoms with Gasteiger partial charge < -0.3 is 34.4 Å². The third kappa shape index (κ3) is 7.42. The molecule has 2 bridgehead atoms. The van der Waals surface area contributed by atoms with Gasteiger partial charge in [-0.05, 0) is 86.0 Å². The van der Waals surface area contributed by atoms with E-state index in [1.54, 1.807) is 25.9 Å². The van der Waals surface area contributed by atoms with Crippen LogP contribution in [0.4, 0.5) is 32.6 Å². The molecule has 59 heavy (non-hydrogen) atoms. The number of piperidine rings is 1. The Labute approximate surface area is 336 Å². The van der Waals surface area contributed by atoms with Crippen LogP contribution in [-0.4, -0.2) is 126 Å². The van der Waals surface area contributed by atoms with Crippen LogP contribution in [-0.2, 0) is 16.0 Å². The van der Waals surface area contributed by atoms with Crippen molar-refractivity contribution in [3.05, 3.63) is 41.5 Å². The second-order valence-corrected chi connectivity index (χ2v) is 16.3. The molecule has 6 heterocycles. The first-order chi connectivity index (χ1) is 28.1. The Morgan fingerprint density at radius 1 is 1.05 bits per heavy atom. The Morgan fingerprint density at radius 3 is 2.47 bits per heavy atom. The highest BCUT2D eigenvalue weighted by Gasteiger charge is 2.51. The van der Waals surface area contributed by atoms with Crippen molar-refractivity contribution >= 4 is 39.4 Å². The van der Waals surface area contributed by atoms with Gasteiger partial charge in [0, 0.05) is 56.8 Å². The standard InChI is InChI=1S/C41H46F5N7O6/c1-5-27-29(42)8-7-21-15-26(54)16-28(30(21)27)33-32(43)34-31(37(48-33)57-4)36(52-17-23-13-22(14-24(18-52)47-23)35(55)41(44,45)46)50-38(49-34)59-20-40-10-6-12-53(40)25(9-11-40)19-58-39(56)51(2)3/h7-8,15-16,22-25,47,54H,5-6,9-14,17-20H2,1-4H3/t22?,23?,24?,25-,40?/m1/s1. The minimum Gasteiger partial charge on any atom is -0.508 e. The number of pyridine rings is 1. The summed E-state index contributed by atoms with van der Waals surface area (Å²) in [5.41, 5.74) is -0.510. The van der Waals surface area contributed by atoms with Crippen molar-refractivity contribution in [1.29, 1.82) is 0 Å². The molecule has 4 fully saturated rings. The molecular weight excluding hydrogens is 781 g/mol. The fraction of sp³-hybridized carbons (Fsp3) is 0.537. The number of hydrogen-bond donors (Lipinski definition) is 2. The van der Waals surface area contributed by atoms with E-state index in [9.17, 15) is 27.9 Å². The highest BCUT2D eigenvalue weighted by atomic mass is 19.4. The van der Waals surface area contributed by atoms with Crippen molar-refractivity contribution in [1.82, 2.24) is 30.1 Å². The zero-order valence-corrected chi connectivity index (χ0v) is 33.2. The lowest BCUT2D eigenvalue weighted by Gasteiger charge is -2.45. The molecule has 3 unspecified atom stereocenters. The van der Waals surface area contributed by atoms with Crippen molar-refractivity contribution in [2.24, 2.45) is 5.92 Å². The molecule has 316 valence electrons. The zero-order chi connectivity index (χ0) is 42.0. The van der Waals surface area contributed by atoms with Gasteiger partial charge in [-0.1, -0.05) is 13.0 Å². The Balaban J connectivity index is 1.21. The van der Waals surface area contributed by atoms with Crippen molar-refractivity contribution in [3.63, 3.8) is 0 Å².